The number of benzene rings is 1. The van der Waals surface area contributed by atoms with E-state index in [4.69, 9.17) is 0 Å². The number of pyridine rings is 1. The Labute approximate surface area is 115 Å². The second-order valence-electron chi connectivity index (χ2n) is 5.55. The minimum Gasteiger partial charge on any atom is -0.313 e. The van der Waals surface area contributed by atoms with Gasteiger partial charge in [0.2, 0.25) is 0 Å². The maximum atomic E-state index is 4.48. The van der Waals surface area contributed by atoms with Crippen molar-refractivity contribution < 1.29 is 0 Å². The lowest BCUT2D eigenvalue weighted by Crippen LogP contribution is -2.31. The molecule has 0 bridgehead atoms. The number of hydrogen-bond donors (Lipinski definition) is 1. The average Bonchev–Trinajstić information content (AvgIpc) is 2.93. The fourth-order valence-electron chi connectivity index (χ4n) is 3.25. The Morgan fingerprint density at radius 1 is 1.26 bits per heavy atom. The Balaban J connectivity index is 1.86. The number of fused-ring (bicyclic) bond motifs is 1. The number of hydrogen-bond acceptors (Lipinski definition) is 2. The van der Waals surface area contributed by atoms with Crippen LogP contribution in [0.4, 0.5) is 0 Å². The molecule has 0 saturated heterocycles. The quantitative estimate of drug-likeness (QED) is 0.896. The summed E-state index contributed by atoms with van der Waals surface area (Å²) in [5.74, 6) is 0.665. The lowest BCUT2D eigenvalue weighted by Gasteiger charge is -2.21. The fraction of sp³-hybridized carbons (Fsp3) is 0.471. The molecule has 2 atom stereocenters. The largest absolute Gasteiger partial charge is 0.313 e. The fourth-order valence-corrected chi connectivity index (χ4v) is 3.25. The predicted octanol–water partition coefficient (Wildman–Crippen LogP) is 3.87. The van der Waals surface area contributed by atoms with Gasteiger partial charge < -0.3 is 5.32 Å². The minimum atomic E-state index is 0.654. The number of nitrogens with zero attached hydrogens (tertiary/aromatic N) is 1. The van der Waals surface area contributed by atoms with E-state index in [1.54, 1.807) is 0 Å². The number of rotatable bonds is 4. The standard InChI is InChI=1S/C17H22N2/c1-2-10-18-16-7-3-6-15(16)14-9-8-13-5-4-11-19-17(13)12-14/h4-5,8-9,11-12,15-16,18H,2-3,6-7,10H2,1H3. The van der Waals surface area contributed by atoms with Crippen molar-refractivity contribution in [2.24, 2.45) is 0 Å². The molecule has 100 valence electrons. The molecule has 2 nitrogen and oxygen atoms in total. The van der Waals surface area contributed by atoms with Crippen molar-refractivity contribution in [1.82, 2.24) is 10.3 Å². The molecule has 1 fully saturated rings. The van der Waals surface area contributed by atoms with Crippen molar-refractivity contribution in [2.45, 2.75) is 44.6 Å². The maximum absolute atomic E-state index is 4.48. The van der Waals surface area contributed by atoms with Gasteiger partial charge in [-0.2, -0.15) is 0 Å². The lowest BCUT2D eigenvalue weighted by molar-refractivity contribution is 0.479. The minimum absolute atomic E-state index is 0.654. The van der Waals surface area contributed by atoms with Crippen molar-refractivity contribution in [3.8, 4) is 0 Å². The van der Waals surface area contributed by atoms with Crippen LogP contribution in [0.25, 0.3) is 10.9 Å². The van der Waals surface area contributed by atoms with Crippen LogP contribution in [0.15, 0.2) is 36.5 Å². The first-order valence-corrected chi connectivity index (χ1v) is 7.46. The Kier molecular flexibility index (Phi) is 3.79. The summed E-state index contributed by atoms with van der Waals surface area (Å²) in [6.07, 6.45) is 7.05. The Hall–Kier alpha value is -1.41. The van der Waals surface area contributed by atoms with Gasteiger partial charge in [0.1, 0.15) is 0 Å². The van der Waals surface area contributed by atoms with Crippen molar-refractivity contribution in [3.05, 3.63) is 42.1 Å². The van der Waals surface area contributed by atoms with E-state index < -0.39 is 0 Å². The number of aromatic nitrogens is 1. The molecule has 2 unspecified atom stereocenters. The van der Waals surface area contributed by atoms with Crippen LogP contribution in [0.5, 0.6) is 0 Å². The molecular formula is C17H22N2. The van der Waals surface area contributed by atoms with E-state index in [0.717, 1.165) is 12.1 Å². The van der Waals surface area contributed by atoms with Gasteiger partial charge in [-0.3, -0.25) is 4.98 Å². The Morgan fingerprint density at radius 2 is 2.21 bits per heavy atom. The SMILES string of the molecule is CCCNC1CCCC1c1ccc2cccnc2c1. The van der Waals surface area contributed by atoms with Gasteiger partial charge in [-0.1, -0.05) is 31.5 Å². The van der Waals surface area contributed by atoms with Crippen LogP contribution in [-0.2, 0) is 0 Å². The lowest BCUT2D eigenvalue weighted by atomic mass is 9.93. The van der Waals surface area contributed by atoms with Crippen LogP contribution in [-0.4, -0.2) is 17.6 Å². The molecule has 0 amide bonds. The summed E-state index contributed by atoms with van der Waals surface area (Å²) in [7, 11) is 0. The first-order chi connectivity index (χ1) is 9.38. The molecule has 1 aliphatic rings. The van der Waals surface area contributed by atoms with Crippen LogP contribution >= 0.6 is 0 Å². The van der Waals surface area contributed by atoms with Crippen LogP contribution in [0, 0.1) is 0 Å². The first kappa shape index (κ1) is 12.6. The molecule has 1 N–H and O–H groups in total. The molecule has 1 aromatic heterocycles. The molecule has 0 aliphatic heterocycles. The third-order valence-electron chi connectivity index (χ3n) is 4.23. The second kappa shape index (κ2) is 5.70. The molecule has 19 heavy (non-hydrogen) atoms. The third kappa shape index (κ3) is 2.64. The molecule has 1 aromatic carbocycles. The highest BCUT2D eigenvalue weighted by atomic mass is 14.9. The van der Waals surface area contributed by atoms with Crippen molar-refractivity contribution in [1.29, 1.82) is 0 Å². The monoisotopic (exact) mass is 254 g/mol. The zero-order chi connectivity index (χ0) is 13.1. The molecule has 0 spiro atoms. The highest BCUT2D eigenvalue weighted by molar-refractivity contribution is 5.79. The van der Waals surface area contributed by atoms with Gasteiger partial charge in [-0.05, 0) is 49.4 Å². The molecule has 0 radical (unpaired) electrons. The smallest absolute Gasteiger partial charge is 0.0704 e. The highest BCUT2D eigenvalue weighted by Crippen LogP contribution is 2.35. The second-order valence-corrected chi connectivity index (χ2v) is 5.55. The molecule has 1 aliphatic carbocycles. The maximum Gasteiger partial charge on any atom is 0.0704 e. The highest BCUT2D eigenvalue weighted by Gasteiger charge is 2.27. The van der Waals surface area contributed by atoms with Crippen molar-refractivity contribution >= 4 is 10.9 Å². The first-order valence-electron chi connectivity index (χ1n) is 7.46. The van der Waals surface area contributed by atoms with Gasteiger partial charge in [0.25, 0.3) is 0 Å². The zero-order valence-electron chi connectivity index (χ0n) is 11.6. The summed E-state index contributed by atoms with van der Waals surface area (Å²) in [6, 6.07) is 11.6. The summed E-state index contributed by atoms with van der Waals surface area (Å²) in [5.41, 5.74) is 2.58. The summed E-state index contributed by atoms with van der Waals surface area (Å²) >= 11 is 0. The summed E-state index contributed by atoms with van der Waals surface area (Å²) in [5, 5.41) is 4.95. The topological polar surface area (TPSA) is 24.9 Å². The van der Waals surface area contributed by atoms with Gasteiger partial charge in [-0.15, -0.1) is 0 Å². The van der Waals surface area contributed by atoms with E-state index in [1.165, 1.54) is 36.6 Å². The van der Waals surface area contributed by atoms with Gasteiger partial charge in [-0.25, -0.2) is 0 Å². The average molecular weight is 254 g/mol. The van der Waals surface area contributed by atoms with Crippen molar-refractivity contribution in [2.75, 3.05) is 6.54 Å². The van der Waals surface area contributed by atoms with E-state index in [2.05, 4.69) is 41.5 Å². The normalized spacial score (nSPS) is 23.0. The van der Waals surface area contributed by atoms with Crippen LogP contribution in [0.1, 0.15) is 44.1 Å². The van der Waals surface area contributed by atoms with Crippen molar-refractivity contribution in [3.63, 3.8) is 0 Å². The van der Waals surface area contributed by atoms with Gasteiger partial charge in [0.15, 0.2) is 0 Å². The van der Waals surface area contributed by atoms with E-state index in [0.29, 0.717) is 12.0 Å². The Bertz CT molecular complexity index is 550. The summed E-state index contributed by atoms with van der Waals surface area (Å²) < 4.78 is 0. The predicted molar refractivity (Wildman–Crippen MR) is 80.4 cm³/mol. The summed E-state index contributed by atoms with van der Waals surface area (Å²) in [6.45, 7) is 3.36. The van der Waals surface area contributed by atoms with Gasteiger partial charge in [0, 0.05) is 17.6 Å². The Morgan fingerprint density at radius 3 is 3.11 bits per heavy atom. The van der Waals surface area contributed by atoms with Crippen LogP contribution in [0.3, 0.4) is 0 Å². The van der Waals surface area contributed by atoms with Crippen LogP contribution < -0.4 is 5.32 Å². The van der Waals surface area contributed by atoms with E-state index >= 15 is 0 Å². The molecule has 2 aromatic rings. The molecule has 2 heteroatoms. The molecule has 3 rings (SSSR count). The zero-order valence-corrected chi connectivity index (χ0v) is 11.6. The molecular weight excluding hydrogens is 232 g/mol. The summed E-state index contributed by atoms with van der Waals surface area (Å²) in [4.78, 5) is 4.48. The van der Waals surface area contributed by atoms with Gasteiger partial charge >= 0.3 is 0 Å². The van der Waals surface area contributed by atoms with Gasteiger partial charge in [0.05, 0.1) is 5.52 Å². The van der Waals surface area contributed by atoms with Crippen LogP contribution in [0.2, 0.25) is 0 Å². The van der Waals surface area contributed by atoms with E-state index in [9.17, 15) is 0 Å². The number of nitrogens with one attached hydrogen (secondary N) is 1. The molecule has 1 saturated carbocycles. The van der Waals surface area contributed by atoms with E-state index in [1.807, 2.05) is 12.3 Å². The third-order valence-corrected chi connectivity index (χ3v) is 4.23. The van der Waals surface area contributed by atoms with E-state index in [-0.39, 0.29) is 0 Å². The molecule has 1 heterocycles.